The van der Waals surface area contributed by atoms with Crippen molar-refractivity contribution in [3.63, 3.8) is 0 Å². The Labute approximate surface area is 114 Å². The fourth-order valence-corrected chi connectivity index (χ4v) is 2.46. The second-order valence-corrected chi connectivity index (χ2v) is 5.05. The zero-order valence-electron chi connectivity index (χ0n) is 11.9. The van der Waals surface area contributed by atoms with Crippen LogP contribution in [-0.2, 0) is 13.6 Å². The summed E-state index contributed by atoms with van der Waals surface area (Å²) < 4.78 is 15.1. The Morgan fingerprint density at radius 3 is 2.47 bits per heavy atom. The molecule has 2 rings (SSSR count). The van der Waals surface area contributed by atoms with E-state index in [0.717, 1.165) is 25.1 Å². The number of halogens is 1. The van der Waals surface area contributed by atoms with Crippen LogP contribution in [0.5, 0.6) is 0 Å². The molecule has 0 aliphatic heterocycles. The number of hydrogen-bond acceptors (Lipinski definition) is 1. The third-order valence-corrected chi connectivity index (χ3v) is 3.32. The minimum Gasteiger partial charge on any atom is -0.350 e. The van der Waals surface area contributed by atoms with Crippen molar-refractivity contribution in [2.24, 2.45) is 7.05 Å². The minimum atomic E-state index is -0.192. The third-order valence-electron chi connectivity index (χ3n) is 3.32. The smallest absolute Gasteiger partial charge is 0.123 e. The lowest BCUT2D eigenvalue weighted by atomic mass is 10.1. The molecule has 0 spiro atoms. The van der Waals surface area contributed by atoms with E-state index in [4.69, 9.17) is 0 Å². The van der Waals surface area contributed by atoms with Crippen molar-refractivity contribution in [1.29, 1.82) is 0 Å². The van der Waals surface area contributed by atoms with Crippen LogP contribution in [0.25, 0.3) is 11.3 Å². The van der Waals surface area contributed by atoms with Crippen molar-refractivity contribution in [3.8, 4) is 11.3 Å². The highest BCUT2D eigenvalue weighted by molar-refractivity contribution is 5.64. The van der Waals surface area contributed by atoms with Crippen LogP contribution >= 0.6 is 0 Å². The molecule has 102 valence electrons. The Bertz CT molecular complexity index is 528. The molecule has 0 radical (unpaired) electrons. The SMILES string of the molecule is CCCN(C)Cc1ccn(C)c1-c1ccc(F)cc1. The molecule has 2 aromatic rings. The number of nitrogens with zero attached hydrogens (tertiary/aromatic N) is 2. The normalized spacial score (nSPS) is 11.2. The third kappa shape index (κ3) is 3.24. The summed E-state index contributed by atoms with van der Waals surface area (Å²) in [6, 6.07) is 8.86. The highest BCUT2D eigenvalue weighted by Gasteiger charge is 2.11. The maximum absolute atomic E-state index is 13.0. The van der Waals surface area contributed by atoms with Crippen LogP contribution in [0.1, 0.15) is 18.9 Å². The van der Waals surface area contributed by atoms with E-state index in [2.05, 4.69) is 35.7 Å². The summed E-state index contributed by atoms with van der Waals surface area (Å²) in [5.74, 6) is -0.192. The molecule has 0 aliphatic carbocycles. The molecule has 0 unspecified atom stereocenters. The van der Waals surface area contributed by atoms with Crippen LogP contribution in [0.15, 0.2) is 36.5 Å². The van der Waals surface area contributed by atoms with E-state index in [-0.39, 0.29) is 5.82 Å². The molecular weight excluding hydrogens is 239 g/mol. The van der Waals surface area contributed by atoms with Gasteiger partial charge in [0.2, 0.25) is 0 Å². The molecule has 1 heterocycles. The van der Waals surface area contributed by atoms with E-state index in [9.17, 15) is 4.39 Å². The summed E-state index contributed by atoms with van der Waals surface area (Å²) in [5, 5.41) is 0. The van der Waals surface area contributed by atoms with Gasteiger partial charge in [0.1, 0.15) is 5.82 Å². The number of aromatic nitrogens is 1. The van der Waals surface area contributed by atoms with Gasteiger partial charge in [-0.15, -0.1) is 0 Å². The van der Waals surface area contributed by atoms with Crippen LogP contribution in [-0.4, -0.2) is 23.1 Å². The van der Waals surface area contributed by atoms with Gasteiger partial charge in [-0.25, -0.2) is 4.39 Å². The summed E-state index contributed by atoms with van der Waals surface area (Å²) in [6.07, 6.45) is 3.21. The highest BCUT2D eigenvalue weighted by Crippen LogP contribution is 2.25. The first kappa shape index (κ1) is 13.8. The first-order valence-electron chi connectivity index (χ1n) is 6.70. The Kier molecular flexibility index (Phi) is 4.38. The lowest BCUT2D eigenvalue weighted by Gasteiger charge is -2.16. The number of aryl methyl sites for hydroxylation is 1. The fraction of sp³-hybridized carbons (Fsp3) is 0.375. The largest absolute Gasteiger partial charge is 0.350 e. The highest BCUT2D eigenvalue weighted by atomic mass is 19.1. The monoisotopic (exact) mass is 260 g/mol. The second-order valence-electron chi connectivity index (χ2n) is 5.05. The van der Waals surface area contributed by atoms with Gasteiger partial charge in [-0.2, -0.15) is 0 Å². The van der Waals surface area contributed by atoms with Gasteiger partial charge in [0.05, 0.1) is 5.69 Å². The van der Waals surface area contributed by atoms with Gasteiger partial charge in [0.25, 0.3) is 0 Å². The lowest BCUT2D eigenvalue weighted by molar-refractivity contribution is 0.328. The van der Waals surface area contributed by atoms with E-state index >= 15 is 0 Å². The van der Waals surface area contributed by atoms with Gasteiger partial charge in [-0.05, 0) is 61.5 Å². The zero-order chi connectivity index (χ0) is 13.8. The van der Waals surface area contributed by atoms with E-state index in [1.54, 1.807) is 0 Å². The molecule has 0 saturated carbocycles. The molecule has 1 aromatic carbocycles. The van der Waals surface area contributed by atoms with Crippen LogP contribution in [0.4, 0.5) is 4.39 Å². The van der Waals surface area contributed by atoms with Gasteiger partial charge in [-0.3, -0.25) is 0 Å². The van der Waals surface area contributed by atoms with E-state index in [0.29, 0.717) is 0 Å². The molecule has 19 heavy (non-hydrogen) atoms. The van der Waals surface area contributed by atoms with Crippen molar-refractivity contribution in [2.75, 3.05) is 13.6 Å². The Morgan fingerprint density at radius 1 is 1.16 bits per heavy atom. The molecule has 3 heteroatoms. The van der Waals surface area contributed by atoms with E-state index in [1.165, 1.54) is 23.4 Å². The minimum absolute atomic E-state index is 0.192. The average Bonchev–Trinajstić information content (AvgIpc) is 2.72. The maximum Gasteiger partial charge on any atom is 0.123 e. The Hall–Kier alpha value is -1.61. The molecule has 0 N–H and O–H groups in total. The average molecular weight is 260 g/mol. The molecule has 2 nitrogen and oxygen atoms in total. The summed E-state index contributed by atoms with van der Waals surface area (Å²) in [4.78, 5) is 2.31. The van der Waals surface area contributed by atoms with Gasteiger partial charge in [0, 0.05) is 19.8 Å². The lowest BCUT2D eigenvalue weighted by Crippen LogP contribution is -2.18. The fourth-order valence-electron chi connectivity index (χ4n) is 2.46. The number of rotatable bonds is 5. The van der Waals surface area contributed by atoms with Crippen molar-refractivity contribution in [1.82, 2.24) is 9.47 Å². The predicted molar refractivity (Wildman–Crippen MR) is 77.4 cm³/mol. The zero-order valence-corrected chi connectivity index (χ0v) is 11.9. The van der Waals surface area contributed by atoms with E-state index < -0.39 is 0 Å². The number of hydrogen-bond donors (Lipinski definition) is 0. The van der Waals surface area contributed by atoms with Gasteiger partial charge < -0.3 is 9.47 Å². The van der Waals surface area contributed by atoms with Gasteiger partial charge in [-0.1, -0.05) is 6.92 Å². The van der Waals surface area contributed by atoms with Crippen molar-refractivity contribution in [2.45, 2.75) is 19.9 Å². The topological polar surface area (TPSA) is 8.17 Å². The molecule has 0 saturated heterocycles. The van der Waals surface area contributed by atoms with Gasteiger partial charge in [0.15, 0.2) is 0 Å². The molecule has 0 bridgehead atoms. The van der Waals surface area contributed by atoms with Crippen LogP contribution in [0.2, 0.25) is 0 Å². The second kappa shape index (κ2) is 6.02. The summed E-state index contributed by atoms with van der Waals surface area (Å²) in [5.41, 5.74) is 3.52. The quantitative estimate of drug-likeness (QED) is 0.796. The van der Waals surface area contributed by atoms with Crippen molar-refractivity contribution in [3.05, 3.63) is 47.9 Å². The first-order chi connectivity index (χ1) is 9.11. The summed E-state index contributed by atoms with van der Waals surface area (Å²) in [6.45, 7) is 4.18. The summed E-state index contributed by atoms with van der Waals surface area (Å²) >= 11 is 0. The van der Waals surface area contributed by atoms with Gasteiger partial charge >= 0.3 is 0 Å². The first-order valence-corrected chi connectivity index (χ1v) is 6.70. The van der Waals surface area contributed by atoms with Crippen LogP contribution in [0.3, 0.4) is 0 Å². The summed E-state index contributed by atoms with van der Waals surface area (Å²) in [7, 11) is 4.16. The molecule has 1 aromatic heterocycles. The Balaban J connectivity index is 2.29. The van der Waals surface area contributed by atoms with E-state index in [1.807, 2.05) is 19.2 Å². The van der Waals surface area contributed by atoms with Crippen LogP contribution < -0.4 is 0 Å². The molecular formula is C16H21FN2. The van der Waals surface area contributed by atoms with Crippen LogP contribution in [0, 0.1) is 5.82 Å². The molecule has 0 fully saturated rings. The van der Waals surface area contributed by atoms with Crippen molar-refractivity contribution < 1.29 is 4.39 Å². The number of benzene rings is 1. The predicted octanol–water partition coefficient (Wildman–Crippen LogP) is 3.67. The molecule has 0 atom stereocenters. The van der Waals surface area contributed by atoms with Crippen molar-refractivity contribution >= 4 is 0 Å². The molecule has 0 aliphatic rings. The standard InChI is InChI=1S/C16H21FN2/c1-4-10-18(2)12-14-9-11-19(3)16(14)13-5-7-15(17)8-6-13/h5-9,11H,4,10,12H2,1-3H3. The Morgan fingerprint density at radius 2 is 1.84 bits per heavy atom. The maximum atomic E-state index is 13.0. The molecule has 0 amide bonds.